The summed E-state index contributed by atoms with van der Waals surface area (Å²) in [6.45, 7) is 4.67. The second-order valence-electron chi connectivity index (χ2n) is 14.7. The van der Waals surface area contributed by atoms with Crippen molar-refractivity contribution in [2.75, 3.05) is 0 Å². The molecular formula is C50H33N5. The molecule has 1 aliphatic carbocycles. The predicted octanol–water partition coefficient (Wildman–Crippen LogP) is 12.1. The van der Waals surface area contributed by atoms with Crippen molar-refractivity contribution >= 4 is 21.5 Å². The Morgan fingerprint density at radius 3 is 1.75 bits per heavy atom. The highest BCUT2D eigenvalue weighted by Crippen LogP contribution is 2.53. The maximum absolute atomic E-state index is 9.50. The molecule has 0 N–H and O–H groups in total. The molecule has 0 fully saturated rings. The van der Waals surface area contributed by atoms with Gasteiger partial charge in [-0.3, -0.25) is 4.98 Å². The summed E-state index contributed by atoms with van der Waals surface area (Å²) in [7, 11) is 0. The van der Waals surface area contributed by atoms with E-state index in [2.05, 4.69) is 97.7 Å². The zero-order valence-corrected chi connectivity index (χ0v) is 30.3. The average molecular weight is 704 g/mol. The van der Waals surface area contributed by atoms with Crippen molar-refractivity contribution in [1.29, 1.82) is 5.26 Å². The van der Waals surface area contributed by atoms with Gasteiger partial charge in [0.25, 0.3) is 0 Å². The fourth-order valence-corrected chi connectivity index (χ4v) is 8.29. The summed E-state index contributed by atoms with van der Waals surface area (Å²) in [5, 5.41) is 14.2. The number of hydrogen-bond acceptors (Lipinski definition) is 5. The first-order valence-corrected chi connectivity index (χ1v) is 18.4. The Hall–Kier alpha value is -7.29. The van der Waals surface area contributed by atoms with Gasteiger partial charge in [-0.1, -0.05) is 123 Å². The summed E-state index contributed by atoms with van der Waals surface area (Å²) in [5.41, 5.74) is 12.6. The van der Waals surface area contributed by atoms with Crippen LogP contribution in [0.15, 0.2) is 164 Å². The van der Waals surface area contributed by atoms with Crippen molar-refractivity contribution in [2.24, 2.45) is 0 Å². The number of fused-ring (bicyclic) bond motifs is 7. The van der Waals surface area contributed by atoms with Gasteiger partial charge in [0.2, 0.25) is 0 Å². The molecule has 0 bridgehead atoms. The minimum Gasteiger partial charge on any atom is -0.264 e. The molecule has 55 heavy (non-hydrogen) atoms. The first kappa shape index (κ1) is 32.4. The maximum atomic E-state index is 9.50. The minimum atomic E-state index is -0.256. The molecule has 5 heteroatoms. The topological polar surface area (TPSA) is 75.3 Å². The second kappa shape index (κ2) is 12.7. The lowest BCUT2D eigenvalue weighted by molar-refractivity contribution is 0.666. The average Bonchev–Trinajstić information content (AvgIpc) is 3.49. The molecule has 0 radical (unpaired) electrons. The molecule has 5 nitrogen and oxygen atoms in total. The largest absolute Gasteiger partial charge is 0.264 e. The smallest absolute Gasteiger partial charge is 0.164 e. The van der Waals surface area contributed by atoms with Crippen LogP contribution in [-0.2, 0) is 5.41 Å². The quantitative estimate of drug-likeness (QED) is 0.167. The van der Waals surface area contributed by atoms with Crippen LogP contribution in [0.4, 0.5) is 0 Å². The van der Waals surface area contributed by atoms with Crippen LogP contribution in [0.5, 0.6) is 0 Å². The van der Waals surface area contributed by atoms with E-state index in [-0.39, 0.29) is 5.41 Å². The summed E-state index contributed by atoms with van der Waals surface area (Å²) >= 11 is 0. The van der Waals surface area contributed by atoms with Crippen LogP contribution in [0.1, 0.15) is 30.5 Å². The van der Waals surface area contributed by atoms with Crippen LogP contribution in [0.3, 0.4) is 0 Å². The minimum absolute atomic E-state index is 0.256. The highest BCUT2D eigenvalue weighted by molar-refractivity contribution is 6.11. The molecule has 1 aliphatic rings. The Labute approximate surface area is 319 Å². The molecule has 0 spiro atoms. The molecule has 0 amide bonds. The van der Waals surface area contributed by atoms with Gasteiger partial charge in [-0.2, -0.15) is 5.26 Å². The summed E-state index contributed by atoms with van der Waals surface area (Å²) in [6, 6.07) is 54.9. The van der Waals surface area contributed by atoms with E-state index in [1.807, 2.05) is 85.1 Å². The second-order valence-corrected chi connectivity index (χ2v) is 14.7. The molecule has 9 aromatic rings. The van der Waals surface area contributed by atoms with Gasteiger partial charge in [-0.25, -0.2) is 15.0 Å². The van der Waals surface area contributed by atoms with Crippen molar-refractivity contribution in [3.8, 4) is 73.6 Å². The van der Waals surface area contributed by atoms with Gasteiger partial charge in [-0.15, -0.1) is 0 Å². The van der Waals surface area contributed by atoms with E-state index in [0.717, 1.165) is 49.7 Å². The first-order valence-electron chi connectivity index (χ1n) is 18.4. The van der Waals surface area contributed by atoms with Gasteiger partial charge in [0, 0.05) is 40.1 Å². The van der Waals surface area contributed by atoms with E-state index in [9.17, 15) is 5.26 Å². The summed E-state index contributed by atoms with van der Waals surface area (Å²) in [6.07, 6.45) is 3.70. The molecule has 7 aromatic carbocycles. The Morgan fingerprint density at radius 1 is 0.473 bits per heavy atom. The van der Waals surface area contributed by atoms with Crippen LogP contribution >= 0.6 is 0 Å². The third-order valence-electron chi connectivity index (χ3n) is 11.0. The van der Waals surface area contributed by atoms with Crippen molar-refractivity contribution in [2.45, 2.75) is 19.3 Å². The Bertz CT molecular complexity index is 2940. The molecular weight excluding hydrogens is 671 g/mol. The highest BCUT2D eigenvalue weighted by Gasteiger charge is 2.37. The van der Waals surface area contributed by atoms with Gasteiger partial charge < -0.3 is 0 Å². The van der Waals surface area contributed by atoms with Gasteiger partial charge in [0.15, 0.2) is 17.5 Å². The molecule has 10 rings (SSSR count). The molecule has 2 heterocycles. The van der Waals surface area contributed by atoms with Crippen molar-refractivity contribution in [3.63, 3.8) is 0 Å². The molecule has 0 unspecified atom stereocenters. The third-order valence-corrected chi connectivity index (χ3v) is 11.0. The van der Waals surface area contributed by atoms with E-state index in [1.54, 1.807) is 6.20 Å². The van der Waals surface area contributed by atoms with E-state index in [0.29, 0.717) is 23.0 Å². The van der Waals surface area contributed by atoms with Gasteiger partial charge >= 0.3 is 0 Å². The lowest BCUT2D eigenvalue weighted by Crippen LogP contribution is -2.15. The van der Waals surface area contributed by atoms with Crippen LogP contribution in [0.25, 0.3) is 89.1 Å². The SMILES string of the molecule is CC1(C)c2cc(-c3cc(-c4cccnc4)cc(-c4nc(-c5ccccc5)nc(-c5ccccc5)n4)c3)ccc2-c2ccc3c(ccc4cc(C#N)ccc43)c21. The van der Waals surface area contributed by atoms with Gasteiger partial charge in [0.05, 0.1) is 11.6 Å². The Balaban J connectivity index is 1.14. The Morgan fingerprint density at radius 2 is 1.07 bits per heavy atom. The van der Waals surface area contributed by atoms with Gasteiger partial charge in [0.1, 0.15) is 0 Å². The third kappa shape index (κ3) is 5.47. The molecule has 258 valence electrons. The number of rotatable bonds is 5. The van der Waals surface area contributed by atoms with Crippen LogP contribution < -0.4 is 0 Å². The van der Waals surface area contributed by atoms with Crippen molar-refractivity contribution < 1.29 is 0 Å². The van der Waals surface area contributed by atoms with Crippen molar-refractivity contribution in [1.82, 2.24) is 19.9 Å². The maximum Gasteiger partial charge on any atom is 0.164 e. The fourth-order valence-electron chi connectivity index (χ4n) is 8.29. The first-order chi connectivity index (χ1) is 26.9. The lowest BCUT2D eigenvalue weighted by Gasteiger charge is -2.24. The lowest BCUT2D eigenvalue weighted by atomic mass is 9.79. The van der Waals surface area contributed by atoms with Crippen LogP contribution in [0.2, 0.25) is 0 Å². The molecule has 0 saturated carbocycles. The predicted molar refractivity (Wildman–Crippen MR) is 222 cm³/mol. The zero-order valence-electron chi connectivity index (χ0n) is 30.3. The van der Waals surface area contributed by atoms with Crippen molar-refractivity contribution in [3.05, 3.63) is 181 Å². The number of nitrogens with zero attached hydrogens (tertiary/aromatic N) is 5. The van der Waals surface area contributed by atoms with E-state index < -0.39 is 0 Å². The molecule has 0 aliphatic heterocycles. The molecule has 0 saturated heterocycles. The number of aromatic nitrogens is 4. The Kier molecular flexibility index (Phi) is 7.47. The monoisotopic (exact) mass is 703 g/mol. The number of nitriles is 1. The zero-order chi connectivity index (χ0) is 37.1. The molecule has 2 aromatic heterocycles. The standard InChI is InChI=1S/C50H33N5/c1-50(2)45-28-34(16-19-42(45)44-22-21-41-40-18-15-31(29-51)24-35(40)17-20-43(41)46(44)50)37-25-38(36-14-9-23-52-30-36)27-39(26-37)49-54-47(32-10-5-3-6-11-32)53-48(55-49)33-12-7-4-8-13-33/h3-28,30H,1-2H3. The van der Waals surface area contributed by atoms with E-state index in [4.69, 9.17) is 15.0 Å². The van der Waals surface area contributed by atoms with Gasteiger partial charge in [-0.05, 0) is 103 Å². The molecule has 0 atom stereocenters. The summed E-state index contributed by atoms with van der Waals surface area (Å²) in [5.74, 6) is 1.86. The number of benzene rings is 7. The highest BCUT2D eigenvalue weighted by atomic mass is 15.0. The van der Waals surface area contributed by atoms with Crippen LogP contribution in [0, 0.1) is 11.3 Å². The van der Waals surface area contributed by atoms with Crippen LogP contribution in [-0.4, -0.2) is 19.9 Å². The fraction of sp³-hybridized carbons (Fsp3) is 0.0600. The number of pyridine rings is 1. The number of hydrogen-bond donors (Lipinski definition) is 0. The summed E-state index contributed by atoms with van der Waals surface area (Å²) < 4.78 is 0. The van der Waals surface area contributed by atoms with E-state index in [1.165, 1.54) is 33.0 Å². The normalized spacial score (nSPS) is 12.7. The summed E-state index contributed by atoms with van der Waals surface area (Å²) in [4.78, 5) is 19.6. The van der Waals surface area contributed by atoms with E-state index >= 15 is 0 Å².